The number of hydrogen-bond acceptors (Lipinski definition) is 1. The summed E-state index contributed by atoms with van der Waals surface area (Å²) in [5.74, 6) is 0.767. The highest BCUT2D eigenvalue weighted by Gasteiger charge is 2.08. The molecule has 0 saturated heterocycles. The van der Waals surface area contributed by atoms with Crippen molar-refractivity contribution >= 4 is 22.5 Å². The Kier molecular flexibility index (Phi) is 2.73. The summed E-state index contributed by atoms with van der Waals surface area (Å²) in [7, 11) is 1.65. The van der Waals surface area contributed by atoms with Gasteiger partial charge < -0.3 is 9.30 Å². The molecule has 1 heterocycles. The van der Waals surface area contributed by atoms with Gasteiger partial charge in [-0.15, -0.1) is 0 Å². The van der Waals surface area contributed by atoms with Crippen LogP contribution in [0.2, 0.25) is 5.02 Å². The van der Waals surface area contributed by atoms with Crippen LogP contribution in [-0.4, -0.2) is 11.7 Å². The summed E-state index contributed by atoms with van der Waals surface area (Å²) in [6.07, 6.45) is 2.04. The highest BCUT2D eigenvalue weighted by atomic mass is 35.5. The van der Waals surface area contributed by atoms with Gasteiger partial charge in [0.15, 0.2) is 0 Å². The van der Waals surface area contributed by atoms with E-state index in [1.54, 1.807) is 7.11 Å². The zero-order chi connectivity index (χ0) is 12.5. The van der Waals surface area contributed by atoms with Crippen molar-refractivity contribution in [1.29, 1.82) is 0 Å². The van der Waals surface area contributed by atoms with Gasteiger partial charge in [-0.1, -0.05) is 29.8 Å². The smallest absolute Gasteiger partial charge is 0.144 e. The summed E-state index contributed by atoms with van der Waals surface area (Å²) < 4.78 is 7.50. The van der Waals surface area contributed by atoms with Crippen LogP contribution in [0.15, 0.2) is 54.7 Å². The lowest BCUT2D eigenvalue weighted by Gasteiger charge is -2.11. The molecule has 0 fully saturated rings. The van der Waals surface area contributed by atoms with Gasteiger partial charge in [0.05, 0.1) is 18.3 Å². The molecule has 0 saturated carbocycles. The highest BCUT2D eigenvalue weighted by molar-refractivity contribution is 6.30. The van der Waals surface area contributed by atoms with Gasteiger partial charge >= 0.3 is 0 Å². The Hall–Kier alpha value is -1.93. The Morgan fingerprint density at radius 1 is 1.06 bits per heavy atom. The molecule has 2 nitrogen and oxygen atoms in total. The van der Waals surface area contributed by atoms with Gasteiger partial charge in [0.25, 0.3) is 0 Å². The summed E-state index contributed by atoms with van der Waals surface area (Å²) in [6.45, 7) is 0. The van der Waals surface area contributed by atoms with Gasteiger partial charge in [0, 0.05) is 17.3 Å². The van der Waals surface area contributed by atoms with Crippen molar-refractivity contribution in [2.24, 2.45) is 0 Å². The number of ether oxygens (including phenoxy) is 1. The number of aromatic nitrogens is 1. The average molecular weight is 258 g/mol. The largest absolute Gasteiger partial charge is 0.495 e. The maximum Gasteiger partial charge on any atom is 0.144 e. The van der Waals surface area contributed by atoms with Crippen LogP contribution in [0.5, 0.6) is 5.75 Å². The van der Waals surface area contributed by atoms with Crippen LogP contribution < -0.4 is 4.74 Å². The van der Waals surface area contributed by atoms with E-state index in [1.807, 2.05) is 36.5 Å². The summed E-state index contributed by atoms with van der Waals surface area (Å²) in [4.78, 5) is 0. The molecule has 0 unspecified atom stereocenters. The molecule has 18 heavy (non-hydrogen) atoms. The van der Waals surface area contributed by atoms with Crippen molar-refractivity contribution in [3.63, 3.8) is 0 Å². The molecule has 90 valence electrons. The minimum Gasteiger partial charge on any atom is -0.495 e. The van der Waals surface area contributed by atoms with Crippen LogP contribution in [0, 0.1) is 0 Å². The molecule has 0 radical (unpaired) electrons. The average Bonchev–Trinajstić information content (AvgIpc) is 2.82. The van der Waals surface area contributed by atoms with Crippen molar-refractivity contribution in [3.05, 3.63) is 59.8 Å². The van der Waals surface area contributed by atoms with Gasteiger partial charge in [-0.25, -0.2) is 0 Å². The Morgan fingerprint density at radius 2 is 1.89 bits per heavy atom. The first-order valence-corrected chi connectivity index (χ1v) is 6.07. The fraction of sp³-hybridized carbons (Fsp3) is 0.0667. The van der Waals surface area contributed by atoms with Crippen LogP contribution in [-0.2, 0) is 0 Å². The van der Waals surface area contributed by atoms with E-state index in [0.29, 0.717) is 5.02 Å². The van der Waals surface area contributed by atoms with Crippen LogP contribution >= 0.6 is 11.6 Å². The normalized spacial score (nSPS) is 10.8. The van der Waals surface area contributed by atoms with E-state index in [1.165, 1.54) is 5.39 Å². The Morgan fingerprint density at radius 3 is 2.72 bits per heavy atom. The topological polar surface area (TPSA) is 14.2 Å². The van der Waals surface area contributed by atoms with Gasteiger partial charge in [-0.3, -0.25) is 0 Å². The van der Waals surface area contributed by atoms with Crippen molar-refractivity contribution in [3.8, 4) is 11.4 Å². The number of nitrogens with zero attached hydrogens (tertiary/aromatic N) is 1. The summed E-state index contributed by atoms with van der Waals surface area (Å²) in [6, 6.07) is 16.0. The summed E-state index contributed by atoms with van der Waals surface area (Å²) in [5, 5.41) is 1.88. The van der Waals surface area contributed by atoms with Gasteiger partial charge in [-0.2, -0.15) is 0 Å². The maximum atomic E-state index is 5.99. The quantitative estimate of drug-likeness (QED) is 0.668. The second-order valence-corrected chi connectivity index (χ2v) is 4.50. The van der Waals surface area contributed by atoms with Crippen molar-refractivity contribution in [2.45, 2.75) is 0 Å². The molecule has 3 heteroatoms. The molecule has 2 aromatic carbocycles. The highest BCUT2D eigenvalue weighted by Crippen LogP contribution is 2.29. The lowest BCUT2D eigenvalue weighted by atomic mass is 10.2. The number of methoxy groups -OCH3 is 1. The Bertz CT molecular complexity index is 703. The number of fused-ring (bicyclic) bond motifs is 1. The monoisotopic (exact) mass is 257 g/mol. The van der Waals surface area contributed by atoms with E-state index in [2.05, 4.69) is 22.8 Å². The van der Waals surface area contributed by atoms with Gasteiger partial charge in [0.1, 0.15) is 5.75 Å². The third kappa shape index (κ3) is 1.75. The summed E-state index contributed by atoms with van der Waals surface area (Å²) in [5.41, 5.74) is 2.14. The Labute approximate surface area is 110 Å². The second-order valence-electron chi connectivity index (χ2n) is 4.06. The Balaban J connectivity index is 2.26. The van der Waals surface area contributed by atoms with E-state index in [9.17, 15) is 0 Å². The molecule has 0 bridgehead atoms. The van der Waals surface area contributed by atoms with E-state index in [-0.39, 0.29) is 0 Å². The molecule has 0 atom stereocenters. The predicted molar refractivity (Wildman–Crippen MR) is 74.8 cm³/mol. The number of rotatable bonds is 2. The van der Waals surface area contributed by atoms with Crippen LogP contribution in [0.1, 0.15) is 0 Å². The van der Waals surface area contributed by atoms with E-state index < -0.39 is 0 Å². The minimum atomic E-state index is 0.673. The molecule has 0 spiro atoms. The fourth-order valence-corrected chi connectivity index (χ4v) is 2.31. The molecule has 0 amide bonds. The first-order valence-electron chi connectivity index (χ1n) is 5.69. The van der Waals surface area contributed by atoms with Crippen molar-refractivity contribution in [1.82, 2.24) is 4.57 Å². The molecular formula is C15H12ClNO. The maximum absolute atomic E-state index is 5.99. The molecule has 0 N–H and O–H groups in total. The van der Waals surface area contributed by atoms with Crippen molar-refractivity contribution < 1.29 is 4.74 Å². The van der Waals surface area contributed by atoms with E-state index >= 15 is 0 Å². The SMILES string of the molecule is COc1cc(Cl)ccc1-n1ccc2ccccc21. The van der Waals surface area contributed by atoms with Gasteiger partial charge in [-0.05, 0) is 29.7 Å². The first-order chi connectivity index (χ1) is 8.79. The number of hydrogen-bond donors (Lipinski definition) is 0. The molecule has 0 aliphatic heterocycles. The minimum absolute atomic E-state index is 0.673. The zero-order valence-corrected chi connectivity index (χ0v) is 10.7. The van der Waals surface area contributed by atoms with E-state index in [0.717, 1.165) is 17.0 Å². The van der Waals surface area contributed by atoms with Crippen molar-refractivity contribution in [2.75, 3.05) is 7.11 Å². The van der Waals surface area contributed by atoms with Crippen LogP contribution in [0.3, 0.4) is 0 Å². The molecule has 0 aliphatic carbocycles. The molecule has 1 aromatic heterocycles. The lowest BCUT2D eigenvalue weighted by Crippen LogP contribution is -1.96. The summed E-state index contributed by atoms with van der Waals surface area (Å²) >= 11 is 5.99. The first kappa shape index (κ1) is 11.2. The number of halogens is 1. The zero-order valence-electron chi connectivity index (χ0n) is 9.93. The lowest BCUT2D eigenvalue weighted by molar-refractivity contribution is 0.413. The third-order valence-corrected chi connectivity index (χ3v) is 3.24. The standard InChI is InChI=1S/C15H12ClNO/c1-18-15-10-12(16)6-7-14(15)17-9-8-11-4-2-3-5-13(11)17/h2-10H,1H3. The third-order valence-electron chi connectivity index (χ3n) is 3.00. The second kappa shape index (κ2) is 4.39. The fourth-order valence-electron chi connectivity index (χ4n) is 2.14. The molecular weight excluding hydrogens is 246 g/mol. The number of benzene rings is 2. The van der Waals surface area contributed by atoms with Gasteiger partial charge in [0.2, 0.25) is 0 Å². The predicted octanol–water partition coefficient (Wildman–Crippen LogP) is 4.29. The van der Waals surface area contributed by atoms with Crippen LogP contribution in [0.4, 0.5) is 0 Å². The molecule has 3 aromatic rings. The van der Waals surface area contributed by atoms with Crippen LogP contribution in [0.25, 0.3) is 16.6 Å². The molecule has 0 aliphatic rings. The number of para-hydroxylation sites is 1. The van der Waals surface area contributed by atoms with E-state index in [4.69, 9.17) is 16.3 Å². The molecule has 3 rings (SSSR count).